The van der Waals surface area contributed by atoms with Gasteiger partial charge in [0, 0.05) is 17.3 Å². The molecule has 0 atom stereocenters. The topological polar surface area (TPSA) is 30.0 Å². The number of alkyl halides is 3. The first-order valence-electron chi connectivity index (χ1n) is 3.89. The number of pyridine rings is 1. The Morgan fingerprint density at radius 1 is 1.64 bits per heavy atom. The van der Waals surface area contributed by atoms with E-state index in [-0.39, 0.29) is 22.6 Å². The van der Waals surface area contributed by atoms with Crippen LogP contribution < -0.4 is 0 Å². The average molecular weight is 220 g/mol. The molecule has 0 saturated heterocycles. The highest BCUT2D eigenvalue weighted by molar-refractivity contribution is 6.17. The van der Waals surface area contributed by atoms with Crippen molar-refractivity contribution in [2.75, 3.05) is 0 Å². The Morgan fingerprint density at radius 2 is 2.29 bits per heavy atom. The predicted molar refractivity (Wildman–Crippen MR) is 48.9 cm³/mol. The maximum atomic E-state index is 12.4. The van der Waals surface area contributed by atoms with E-state index in [1.54, 1.807) is 0 Å². The minimum atomic E-state index is -2.62. The van der Waals surface area contributed by atoms with Crippen molar-refractivity contribution in [1.29, 1.82) is 0 Å². The molecule has 5 heteroatoms. The first kappa shape index (κ1) is 11.0. The van der Waals surface area contributed by atoms with E-state index in [0.29, 0.717) is 12.0 Å². The van der Waals surface area contributed by atoms with Crippen LogP contribution in [0.5, 0.6) is 0 Å². The number of halogens is 3. The third-order valence-electron chi connectivity index (χ3n) is 1.99. The number of rotatable bonds is 3. The fourth-order valence-electron chi connectivity index (χ4n) is 1.17. The van der Waals surface area contributed by atoms with Gasteiger partial charge in [-0.2, -0.15) is 0 Å². The largest absolute Gasteiger partial charge is 0.298 e. The van der Waals surface area contributed by atoms with Crippen LogP contribution in [0.4, 0.5) is 8.78 Å². The van der Waals surface area contributed by atoms with Gasteiger partial charge in [-0.3, -0.25) is 9.78 Å². The van der Waals surface area contributed by atoms with E-state index in [1.165, 1.54) is 6.92 Å². The number of aldehydes is 1. The molecular weight excluding hydrogens is 212 g/mol. The number of hydrogen-bond donors (Lipinski definition) is 0. The van der Waals surface area contributed by atoms with E-state index in [1.807, 2.05) is 0 Å². The van der Waals surface area contributed by atoms with Crippen molar-refractivity contribution in [3.05, 3.63) is 28.6 Å². The van der Waals surface area contributed by atoms with Crippen molar-refractivity contribution in [3.63, 3.8) is 0 Å². The maximum absolute atomic E-state index is 12.4. The molecule has 76 valence electrons. The van der Waals surface area contributed by atoms with Gasteiger partial charge >= 0.3 is 0 Å². The zero-order chi connectivity index (χ0) is 10.7. The Kier molecular flexibility index (Phi) is 3.52. The number of carbonyl (C=O) groups is 1. The zero-order valence-electron chi connectivity index (χ0n) is 7.43. The molecule has 14 heavy (non-hydrogen) atoms. The van der Waals surface area contributed by atoms with E-state index >= 15 is 0 Å². The Morgan fingerprint density at radius 3 is 2.71 bits per heavy atom. The van der Waals surface area contributed by atoms with E-state index in [0.717, 1.165) is 6.20 Å². The van der Waals surface area contributed by atoms with Gasteiger partial charge in [-0.15, -0.1) is 11.6 Å². The molecule has 0 spiro atoms. The molecule has 0 aliphatic heterocycles. The van der Waals surface area contributed by atoms with Gasteiger partial charge in [0.1, 0.15) is 0 Å². The SMILES string of the molecule is Cc1c(C(F)F)cnc(CCl)c1C=O. The molecule has 1 aromatic heterocycles. The van der Waals surface area contributed by atoms with Crippen LogP contribution in [0.2, 0.25) is 0 Å². The Hall–Kier alpha value is -1.03. The minimum absolute atomic E-state index is 0.0401. The van der Waals surface area contributed by atoms with Crippen LogP contribution >= 0.6 is 11.6 Å². The third kappa shape index (κ3) is 1.90. The van der Waals surface area contributed by atoms with Crippen LogP contribution in [0.3, 0.4) is 0 Å². The van der Waals surface area contributed by atoms with Gasteiger partial charge in [0.2, 0.25) is 0 Å². The summed E-state index contributed by atoms with van der Waals surface area (Å²) in [7, 11) is 0. The highest BCUT2D eigenvalue weighted by Crippen LogP contribution is 2.25. The number of aromatic nitrogens is 1. The molecule has 0 amide bonds. The molecule has 0 radical (unpaired) electrons. The van der Waals surface area contributed by atoms with Crippen LogP contribution in [0, 0.1) is 6.92 Å². The standard InChI is InChI=1S/C9H8ClF2NO/c1-5-6(9(11)12)3-13-8(2-10)7(5)4-14/h3-4,9H,2H2,1H3. The van der Waals surface area contributed by atoms with Gasteiger partial charge in [-0.1, -0.05) is 0 Å². The van der Waals surface area contributed by atoms with Gasteiger partial charge in [0.25, 0.3) is 6.43 Å². The van der Waals surface area contributed by atoms with Crippen LogP contribution in [-0.2, 0) is 5.88 Å². The highest BCUT2D eigenvalue weighted by atomic mass is 35.5. The molecule has 0 bridgehead atoms. The summed E-state index contributed by atoms with van der Waals surface area (Å²) in [6, 6.07) is 0. The second kappa shape index (κ2) is 4.46. The van der Waals surface area contributed by atoms with Gasteiger partial charge in [-0.25, -0.2) is 8.78 Å². The van der Waals surface area contributed by atoms with Crippen LogP contribution in [0.25, 0.3) is 0 Å². The molecule has 0 unspecified atom stereocenters. The minimum Gasteiger partial charge on any atom is -0.298 e. The van der Waals surface area contributed by atoms with Gasteiger partial charge in [0.05, 0.1) is 11.6 Å². The monoisotopic (exact) mass is 219 g/mol. The summed E-state index contributed by atoms with van der Waals surface area (Å²) >= 11 is 5.51. The van der Waals surface area contributed by atoms with Crippen molar-refractivity contribution in [3.8, 4) is 0 Å². The van der Waals surface area contributed by atoms with Gasteiger partial charge in [0.15, 0.2) is 6.29 Å². The van der Waals surface area contributed by atoms with E-state index in [4.69, 9.17) is 11.6 Å². The zero-order valence-corrected chi connectivity index (χ0v) is 8.18. The predicted octanol–water partition coefficient (Wildman–Crippen LogP) is 2.88. The molecular formula is C9H8ClF2NO. The Labute approximate surface area is 84.9 Å². The molecule has 0 N–H and O–H groups in total. The summed E-state index contributed by atoms with van der Waals surface area (Å²) in [5.74, 6) is 0.0401. The summed E-state index contributed by atoms with van der Waals surface area (Å²) in [6.45, 7) is 1.46. The summed E-state index contributed by atoms with van der Waals surface area (Å²) in [5.41, 5.74) is 0.531. The molecule has 0 aliphatic rings. The summed E-state index contributed by atoms with van der Waals surface area (Å²) in [5, 5.41) is 0. The summed E-state index contributed by atoms with van der Waals surface area (Å²) < 4.78 is 24.8. The smallest absolute Gasteiger partial charge is 0.265 e. The van der Waals surface area contributed by atoms with Gasteiger partial charge < -0.3 is 0 Å². The number of nitrogens with zero attached hydrogens (tertiary/aromatic N) is 1. The average Bonchev–Trinajstić information content (AvgIpc) is 2.16. The first-order chi connectivity index (χ1) is 6.61. The molecule has 0 aliphatic carbocycles. The van der Waals surface area contributed by atoms with E-state index < -0.39 is 6.43 Å². The highest BCUT2D eigenvalue weighted by Gasteiger charge is 2.16. The van der Waals surface area contributed by atoms with E-state index in [2.05, 4.69) is 4.98 Å². The number of carbonyl (C=O) groups excluding carboxylic acids is 1. The lowest BCUT2D eigenvalue weighted by Gasteiger charge is -2.08. The first-order valence-corrected chi connectivity index (χ1v) is 4.43. The second-order valence-corrected chi connectivity index (χ2v) is 3.02. The number of hydrogen-bond acceptors (Lipinski definition) is 2. The molecule has 0 aromatic carbocycles. The molecule has 0 saturated carbocycles. The fraction of sp³-hybridized carbons (Fsp3) is 0.333. The lowest BCUT2D eigenvalue weighted by atomic mass is 10.0. The Balaban J connectivity index is 3.34. The quantitative estimate of drug-likeness (QED) is 0.578. The summed E-state index contributed by atoms with van der Waals surface area (Å²) in [6.07, 6.45) is -1.05. The fourth-order valence-corrected chi connectivity index (χ4v) is 1.38. The van der Waals surface area contributed by atoms with Crippen LogP contribution in [0.15, 0.2) is 6.20 Å². The molecule has 0 fully saturated rings. The van der Waals surface area contributed by atoms with Crippen molar-refractivity contribution in [2.45, 2.75) is 19.2 Å². The third-order valence-corrected chi connectivity index (χ3v) is 2.24. The van der Waals surface area contributed by atoms with Crippen molar-refractivity contribution in [1.82, 2.24) is 4.98 Å². The molecule has 1 heterocycles. The van der Waals surface area contributed by atoms with Crippen LogP contribution in [0.1, 0.15) is 33.6 Å². The normalized spacial score (nSPS) is 10.6. The molecule has 1 rings (SSSR count). The van der Waals surface area contributed by atoms with Gasteiger partial charge in [-0.05, 0) is 12.5 Å². The van der Waals surface area contributed by atoms with Crippen molar-refractivity contribution >= 4 is 17.9 Å². The maximum Gasteiger partial charge on any atom is 0.265 e. The Bertz CT molecular complexity index is 355. The molecule has 1 aromatic rings. The van der Waals surface area contributed by atoms with Crippen molar-refractivity contribution < 1.29 is 13.6 Å². The lowest BCUT2D eigenvalue weighted by Crippen LogP contribution is -2.02. The van der Waals surface area contributed by atoms with E-state index in [9.17, 15) is 13.6 Å². The van der Waals surface area contributed by atoms with Crippen molar-refractivity contribution in [2.24, 2.45) is 0 Å². The summed E-state index contributed by atoms with van der Waals surface area (Å²) in [4.78, 5) is 14.3. The molecule has 2 nitrogen and oxygen atoms in total. The lowest BCUT2D eigenvalue weighted by molar-refractivity contribution is 0.112. The second-order valence-electron chi connectivity index (χ2n) is 2.75. The van der Waals surface area contributed by atoms with Crippen LogP contribution in [-0.4, -0.2) is 11.3 Å².